The van der Waals surface area contributed by atoms with Gasteiger partial charge in [0.1, 0.15) is 0 Å². The summed E-state index contributed by atoms with van der Waals surface area (Å²) in [7, 11) is 0. The molecule has 0 aromatic rings. The summed E-state index contributed by atoms with van der Waals surface area (Å²) in [6.07, 6.45) is 2.04. The zero-order valence-corrected chi connectivity index (χ0v) is 11.0. The average molecular weight is 240 g/mol. The average Bonchev–Trinajstić information content (AvgIpc) is 2.56. The van der Waals surface area contributed by atoms with Gasteiger partial charge < -0.3 is 9.47 Å². The minimum atomic E-state index is -1.06. The van der Waals surface area contributed by atoms with Gasteiger partial charge in [0, 0.05) is 5.41 Å². The van der Waals surface area contributed by atoms with Crippen LogP contribution in [-0.2, 0) is 19.1 Å². The number of rotatable bonds is 3. The van der Waals surface area contributed by atoms with Crippen LogP contribution in [0.2, 0.25) is 0 Å². The lowest BCUT2D eigenvalue weighted by Gasteiger charge is -2.34. The van der Waals surface area contributed by atoms with E-state index in [1.54, 1.807) is 0 Å². The van der Waals surface area contributed by atoms with E-state index in [2.05, 4.69) is 0 Å². The SMILES string of the molecule is CCCOC(=O)[C@@]12CCC(C)(C(=O)O1)C2(C)C. The summed E-state index contributed by atoms with van der Waals surface area (Å²) < 4.78 is 10.6. The second-order valence-corrected chi connectivity index (χ2v) is 5.81. The van der Waals surface area contributed by atoms with Gasteiger partial charge in [-0.2, -0.15) is 0 Å². The van der Waals surface area contributed by atoms with E-state index in [1.807, 2.05) is 27.7 Å². The van der Waals surface area contributed by atoms with Gasteiger partial charge in [0.25, 0.3) is 0 Å². The van der Waals surface area contributed by atoms with Gasteiger partial charge in [-0.3, -0.25) is 4.79 Å². The molecule has 1 unspecified atom stereocenters. The fourth-order valence-electron chi connectivity index (χ4n) is 3.01. The lowest BCUT2D eigenvalue weighted by Crippen LogP contribution is -2.48. The minimum Gasteiger partial charge on any atom is -0.463 e. The first-order valence-electron chi connectivity index (χ1n) is 6.22. The molecule has 4 heteroatoms. The maximum absolute atomic E-state index is 12.2. The predicted molar refractivity (Wildman–Crippen MR) is 61.2 cm³/mol. The molecule has 1 saturated heterocycles. The van der Waals surface area contributed by atoms with E-state index in [9.17, 15) is 9.59 Å². The molecular formula is C13H20O4. The van der Waals surface area contributed by atoms with Gasteiger partial charge in [-0.25, -0.2) is 4.79 Å². The Bertz CT molecular complexity index is 374. The molecule has 0 aromatic carbocycles. The lowest BCUT2D eigenvalue weighted by molar-refractivity contribution is -0.183. The van der Waals surface area contributed by atoms with Crippen LogP contribution in [0.5, 0.6) is 0 Å². The van der Waals surface area contributed by atoms with E-state index >= 15 is 0 Å². The van der Waals surface area contributed by atoms with Crippen molar-refractivity contribution in [3.8, 4) is 0 Å². The monoisotopic (exact) mass is 240 g/mol. The van der Waals surface area contributed by atoms with Gasteiger partial charge in [-0.1, -0.05) is 20.8 Å². The van der Waals surface area contributed by atoms with Gasteiger partial charge in [0.2, 0.25) is 5.60 Å². The van der Waals surface area contributed by atoms with Crippen LogP contribution in [0.4, 0.5) is 0 Å². The van der Waals surface area contributed by atoms with E-state index in [1.165, 1.54) is 0 Å². The van der Waals surface area contributed by atoms with Crippen molar-refractivity contribution < 1.29 is 19.1 Å². The maximum Gasteiger partial charge on any atom is 0.351 e. The molecule has 0 N–H and O–H groups in total. The highest BCUT2D eigenvalue weighted by Gasteiger charge is 2.76. The first-order chi connectivity index (χ1) is 7.82. The first kappa shape index (κ1) is 12.4. The Morgan fingerprint density at radius 3 is 2.41 bits per heavy atom. The van der Waals surface area contributed by atoms with Crippen molar-refractivity contribution in [2.75, 3.05) is 6.61 Å². The third-order valence-corrected chi connectivity index (χ3v) is 4.85. The predicted octanol–water partition coefficient (Wildman–Crippen LogP) is 2.06. The molecule has 96 valence electrons. The molecule has 2 fully saturated rings. The van der Waals surface area contributed by atoms with Gasteiger partial charge in [-0.15, -0.1) is 0 Å². The van der Waals surface area contributed by atoms with Crippen LogP contribution < -0.4 is 0 Å². The fraction of sp³-hybridized carbons (Fsp3) is 0.846. The molecule has 2 aliphatic rings. The van der Waals surface area contributed by atoms with E-state index in [-0.39, 0.29) is 11.9 Å². The van der Waals surface area contributed by atoms with Crippen molar-refractivity contribution in [1.82, 2.24) is 0 Å². The first-order valence-corrected chi connectivity index (χ1v) is 6.22. The van der Waals surface area contributed by atoms with Crippen molar-refractivity contribution in [2.24, 2.45) is 10.8 Å². The Morgan fingerprint density at radius 2 is 2.00 bits per heavy atom. The van der Waals surface area contributed by atoms with Crippen LogP contribution in [0.25, 0.3) is 0 Å². The number of carbonyl (C=O) groups excluding carboxylic acids is 2. The van der Waals surface area contributed by atoms with Crippen molar-refractivity contribution in [2.45, 2.75) is 52.6 Å². The minimum absolute atomic E-state index is 0.262. The number of hydrogen-bond acceptors (Lipinski definition) is 4. The smallest absolute Gasteiger partial charge is 0.351 e. The normalized spacial score (nSPS) is 38.0. The summed E-state index contributed by atoms with van der Waals surface area (Å²) in [6.45, 7) is 8.06. The molecule has 2 bridgehead atoms. The van der Waals surface area contributed by atoms with Gasteiger partial charge in [0.15, 0.2) is 0 Å². The summed E-state index contributed by atoms with van der Waals surface area (Å²) in [5, 5.41) is 0. The Morgan fingerprint density at radius 1 is 1.35 bits per heavy atom. The number of fused-ring (bicyclic) bond motifs is 2. The van der Waals surface area contributed by atoms with Crippen molar-refractivity contribution in [3.63, 3.8) is 0 Å². The second-order valence-electron chi connectivity index (χ2n) is 5.81. The Hall–Kier alpha value is -1.06. The van der Waals surface area contributed by atoms with Crippen LogP contribution in [-0.4, -0.2) is 24.1 Å². The topological polar surface area (TPSA) is 52.6 Å². The molecule has 1 heterocycles. The fourth-order valence-corrected chi connectivity index (χ4v) is 3.01. The molecule has 17 heavy (non-hydrogen) atoms. The van der Waals surface area contributed by atoms with E-state index in [4.69, 9.17) is 9.47 Å². The van der Waals surface area contributed by atoms with Gasteiger partial charge in [0.05, 0.1) is 12.0 Å². The molecule has 1 saturated carbocycles. The van der Waals surface area contributed by atoms with Crippen molar-refractivity contribution in [1.29, 1.82) is 0 Å². The Balaban J connectivity index is 2.33. The third-order valence-electron chi connectivity index (χ3n) is 4.85. The number of hydrogen-bond donors (Lipinski definition) is 0. The van der Waals surface area contributed by atoms with Crippen LogP contribution in [0.15, 0.2) is 0 Å². The zero-order valence-electron chi connectivity index (χ0n) is 11.0. The molecule has 0 spiro atoms. The molecule has 1 aliphatic carbocycles. The number of ether oxygens (including phenoxy) is 2. The summed E-state index contributed by atoms with van der Waals surface area (Å²) in [5.41, 5.74) is -2.12. The van der Waals surface area contributed by atoms with Crippen LogP contribution >= 0.6 is 0 Å². The van der Waals surface area contributed by atoms with Gasteiger partial charge in [-0.05, 0) is 26.2 Å². The number of carbonyl (C=O) groups is 2. The molecule has 2 atom stereocenters. The molecule has 1 aliphatic heterocycles. The summed E-state index contributed by atoms with van der Waals surface area (Å²) in [4.78, 5) is 24.1. The molecule has 4 nitrogen and oxygen atoms in total. The molecular weight excluding hydrogens is 220 g/mol. The van der Waals surface area contributed by atoms with Gasteiger partial charge >= 0.3 is 11.9 Å². The largest absolute Gasteiger partial charge is 0.463 e. The van der Waals surface area contributed by atoms with E-state index < -0.39 is 16.4 Å². The number of esters is 2. The molecule has 0 radical (unpaired) electrons. The highest BCUT2D eigenvalue weighted by molar-refractivity contribution is 5.93. The second kappa shape index (κ2) is 3.47. The molecule has 0 aromatic heterocycles. The van der Waals surface area contributed by atoms with Crippen molar-refractivity contribution in [3.05, 3.63) is 0 Å². The zero-order chi connectivity index (χ0) is 12.9. The Labute approximate surface area is 102 Å². The highest BCUT2D eigenvalue weighted by atomic mass is 16.6. The lowest BCUT2D eigenvalue weighted by atomic mass is 9.66. The van der Waals surface area contributed by atoms with Crippen molar-refractivity contribution >= 4 is 11.9 Å². The summed E-state index contributed by atoms with van der Waals surface area (Å²) in [5.74, 6) is -0.638. The third kappa shape index (κ3) is 1.24. The standard InChI is InChI=1S/C13H20O4/c1-5-8-16-10(15)13-7-6-12(4,9(14)17-13)11(13,2)3/h5-8H2,1-4H3/t12?,13-/m1/s1. The highest BCUT2D eigenvalue weighted by Crippen LogP contribution is 2.65. The van der Waals surface area contributed by atoms with Crippen LogP contribution in [0, 0.1) is 10.8 Å². The van der Waals surface area contributed by atoms with E-state index in [0.717, 1.165) is 6.42 Å². The van der Waals surface area contributed by atoms with Crippen LogP contribution in [0.1, 0.15) is 47.0 Å². The molecule has 2 rings (SSSR count). The summed E-state index contributed by atoms with van der Waals surface area (Å²) in [6, 6.07) is 0. The Kier molecular flexibility index (Phi) is 2.53. The quantitative estimate of drug-likeness (QED) is 0.708. The maximum atomic E-state index is 12.2. The summed E-state index contributed by atoms with van der Waals surface area (Å²) >= 11 is 0. The molecule has 0 amide bonds. The van der Waals surface area contributed by atoms with Crippen LogP contribution in [0.3, 0.4) is 0 Å². The van der Waals surface area contributed by atoms with E-state index in [0.29, 0.717) is 19.4 Å².